The van der Waals surface area contributed by atoms with Gasteiger partial charge in [-0.25, -0.2) is 0 Å². The maximum atomic E-state index is 12.5. The maximum Gasteiger partial charge on any atom is 0.313 e. The lowest BCUT2D eigenvalue weighted by atomic mass is 10.0. The molecule has 0 atom stereocenters. The Morgan fingerprint density at radius 3 is 2.79 bits per heavy atom. The molecule has 2 aromatic rings. The summed E-state index contributed by atoms with van der Waals surface area (Å²) in [5, 5.41) is 29.5. The molecule has 144 valence electrons. The summed E-state index contributed by atoms with van der Waals surface area (Å²) in [5.41, 5.74) is 4.78. The normalized spacial score (nSPS) is 12.9. The van der Waals surface area contributed by atoms with Crippen LogP contribution in [0.15, 0.2) is 52.9 Å². The number of carbonyl (C=O) groups is 2. The maximum absolute atomic E-state index is 12.5. The van der Waals surface area contributed by atoms with Crippen molar-refractivity contribution in [1.29, 1.82) is 0 Å². The van der Waals surface area contributed by atoms with Gasteiger partial charge in [0.15, 0.2) is 0 Å². The fraction of sp³-hybridized carbons (Fsp3) is 0.167. The van der Waals surface area contributed by atoms with E-state index in [4.69, 9.17) is 5.11 Å². The van der Waals surface area contributed by atoms with E-state index in [1.165, 1.54) is 6.07 Å². The van der Waals surface area contributed by atoms with Gasteiger partial charge in [0, 0.05) is 36.5 Å². The van der Waals surface area contributed by atoms with Crippen molar-refractivity contribution < 1.29 is 19.9 Å². The van der Waals surface area contributed by atoms with Crippen molar-refractivity contribution in [2.45, 2.75) is 13.0 Å². The Hall–Kier alpha value is -3.24. The molecule has 28 heavy (non-hydrogen) atoms. The standard InChI is InChI=1S/C18H17N5O4S/c24-17(25)10-28-16-7-15(21-22-16)12-4-13(6-14(5-12)23-27)18(26)20-9-11-2-1-3-19-8-11/h1-6,8,23,27H,7,9-10H2,(H,20,26)(H,24,25). The van der Waals surface area contributed by atoms with Crippen molar-refractivity contribution >= 4 is 40.1 Å². The van der Waals surface area contributed by atoms with Gasteiger partial charge in [0.2, 0.25) is 0 Å². The minimum absolute atomic E-state index is 0.0954. The zero-order valence-corrected chi connectivity index (χ0v) is 15.4. The molecule has 2 heterocycles. The number of amides is 1. The lowest BCUT2D eigenvalue weighted by Gasteiger charge is -2.10. The van der Waals surface area contributed by atoms with Crippen LogP contribution in [0.5, 0.6) is 0 Å². The Labute approximate surface area is 164 Å². The summed E-state index contributed by atoms with van der Waals surface area (Å²) >= 11 is 1.10. The molecule has 0 saturated carbocycles. The molecule has 4 N–H and O–H groups in total. The number of benzene rings is 1. The van der Waals surface area contributed by atoms with Gasteiger partial charge in [0.05, 0.1) is 17.2 Å². The Morgan fingerprint density at radius 1 is 1.21 bits per heavy atom. The van der Waals surface area contributed by atoms with Crippen LogP contribution in [-0.4, -0.2) is 43.7 Å². The number of hydrogen-bond acceptors (Lipinski definition) is 8. The molecule has 0 spiro atoms. The average molecular weight is 399 g/mol. The first-order valence-electron chi connectivity index (χ1n) is 8.26. The highest BCUT2D eigenvalue weighted by Crippen LogP contribution is 2.22. The fourth-order valence-electron chi connectivity index (χ4n) is 2.49. The van der Waals surface area contributed by atoms with Gasteiger partial charge in [0.25, 0.3) is 5.91 Å². The van der Waals surface area contributed by atoms with Crippen molar-refractivity contribution in [3.8, 4) is 0 Å². The van der Waals surface area contributed by atoms with Gasteiger partial charge in [-0.3, -0.25) is 25.3 Å². The SMILES string of the molecule is O=C(O)CSC1=NN=C(c2cc(NO)cc(C(=O)NCc3cccnc3)c2)C1. The molecule has 1 aromatic carbocycles. The van der Waals surface area contributed by atoms with Crippen LogP contribution in [0.3, 0.4) is 0 Å². The topological polar surface area (TPSA) is 136 Å². The predicted octanol–water partition coefficient (Wildman–Crippen LogP) is 2.14. The van der Waals surface area contributed by atoms with E-state index in [1.807, 2.05) is 11.5 Å². The van der Waals surface area contributed by atoms with Crippen LogP contribution in [0.1, 0.15) is 27.9 Å². The summed E-state index contributed by atoms with van der Waals surface area (Å²) in [5.74, 6) is -1.34. The average Bonchev–Trinajstić information content (AvgIpc) is 3.20. The van der Waals surface area contributed by atoms with Gasteiger partial charge in [-0.1, -0.05) is 17.8 Å². The Bertz CT molecular complexity index is 946. The summed E-state index contributed by atoms with van der Waals surface area (Å²) in [6.07, 6.45) is 3.68. The summed E-state index contributed by atoms with van der Waals surface area (Å²) in [4.78, 5) is 27.2. The monoisotopic (exact) mass is 399 g/mol. The summed E-state index contributed by atoms with van der Waals surface area (Å²) in [7, 11) is 0. The highest BCUT2D eigenvalue weighted by molar-refractivity contribution is 8.14. The molecule has 10 heteroatoms. The number of aliphatic carboxylic acids is 1. The third kappa shape index (κ3) is 5.15. The smallest absolute Gasteiger partial charge is 0.313 e. The summed E-state index contributed by atoms with van der Waals surface area (Å²) in [6, 6.07) is 8.44. The van der Waals surface area contributed by atoms with Gasteiger partial charge in [-0.15, -0.1) is 5.10 Å². The summed E-state index contributed by atoms with van der Waals surface area (Å²) < 4.78 is 0. The van der Waals surface area contributed by atoms with E-state index < -0.39 is 5.97 Å². The van der Waals surface area contributed by atoms with Crippen molar-refractivity contribution in [2.24, 2.45) is 10.2 Å². The van der Waals surface area contributed by atoms with Crippen molar-refractivity contribution in [3.05, 3.63) is 59.4 Å². The first-order valence-corrected chi connectivity index (χ1v) is 9.24. The zero-order valence-electron chi connectivity index (χ0n) is 14.6. The number of aromatic nitrogens is 1. The van der Waals surface area contributed by atoms with E-state index >= 15 is 0 Å². The van der Waals surface area contributed by atoms with Crippen LogP contribution in [0.2, 0.25) is 0 Å². The van der Waals surface area contributed by atoms with E-state index in [1.54, 1.807) is 30.6 Å². The largest absolute Gasteiger partial charge is 0.481 e. The first kappa shape index (κ1) is 19.5. The van der Waals surface area contributed by atoms with Crippen LogP contribution in [-0.2, 0) is 11.3 Å². The Morgan fingerprint density at radius 2 is 2.07 bits per heavy atom. The van der Waals surface area contributed by atoms with E-state index in [0.717, 1.165) is 17.3 Å². The van der Waals surface area contributed by atoms with Crippen LogP contribution in [0.4, 0.5) is 5.69 Å². The van der Waals surface area contributed by atoms with Crippen molar-refractivity contribution in [3.63, 3.8) is 0 Å². The predicted molar refractivity (Wildman–Crippen MR) is 106 cm³/mol. The second-order valence-electron chi connectivity index (χ2n) is 5.85. The highest BCUT2D eigenvalue weighted by atomic mass is 32.2. The molecule has 0 saturated heterocycles. The Balaban J connectivity index is 1.70. The van der Waals surface area contributed by atoms with Gasteiger partial charge in [-0.2, -0.15) is 5.10 Å². The van der Waals surface area contributed by atoms with Gasteiger partial charge >= 0.3 is 5.97 Å². The summed E-state index contributed by atoms with van der Waals surface area (Å²) in [6.45, 7) is 0.318. The molecule has 0 fully saturated rings. The minimum Gasteiger partial charge on any atom is -0.481 e. The molecule has 1 amide bonds. The zero-order chi connectivity index (χ0) is 19.9. The number of thioether (sulfide) groups is 1. The molecular weight excluding hydrogens is 382 g/mol. The van der Waals surface area contributed by atoms with E-state index in [0.29, 0.717) is 40.5 Å². The number of carbonyl (C=O) groups excluding carboxylic acids is 1. The van der Waals surface area contributed by atoms with Gasteiger partial charge in [-0.05, 0) is 29.8 Å². The molecule has 1 aliphatic rings. The van der Waals surface area contributed by atoms with Gasteiger partial charge < -0.3 is 10.4 Å². The number of pyridine rings is 1. The van der Waals surface area contributed by atoms with Crippen LogP contribution < -0.4 is 10.8 Å². The quantitative estimate of drug-likeness (QED) is 0.524. The lowest BCUT2D eigenvalue weighted by Crippen LogP contribution is -2.23. The Kier molecular flexibility index (Phi) is 6.35. The lowest BCUT2D eigenvalue weighted by molar-refractivity contribution is -0.133. The number of nitrogens with zero attached hydrogens (tertiary/aromatic N) is 3. The molecule has 3 rings (SSSR count). The number of carboxylic acids is 1. The van der Waals surface area contributed by atoms with Crippen LogP contribution in [0, 0.1) is 0 Å². The van der Waals surface area contributed by atoms with E-state index in [9.17, 15) is 14.8 Å². The molecular formula is C18H17N5O4S. The molecule has 0 bridgehead atoms. The molecule has 0 aliphatic carbocycles. The van der Waals surface area contributed by atoms with Crippen molar-refractivity contribution in [2.75, 3.05) is 11.2 Å². The molecule has 0 unspecified atom stereocenters. The van der Waals surface area contributed by atoms with E-state index in [-0.39, 0.29) is 11.7 Å². The van der Waals surface area contributed by atoms with Crippen molar-refractivity contribution in [1.82, 2.24) is 10.3 Å². The number of rotatable bonds is 7. The van der Waals surface area contributed by atoms with Gasteiger partial charge in [0.1, 0.15) is 5.04 Å². The highest BCUT2D eigenvalue weighted by Gasteiger charge is 2.18. The number of carboxylic acid groups (broad SMARTS) is 1. The fourth-order valence-corrected chi connectivity index (χ4v) is 3.12. The molecule has 9 nitrogen and oxygen atoms in total. The van der Waals surface area contributed by atoms with E-state index in [2.05, 4.69) is 20.5 Å². The minimum atomic E-state index is -0.930. The first-order chi connectivity index (χ1) is 13.5. The third-order valence-electron chi connectivity index (χ3n) is 3.80. The van der Waals surface area contributed by atoms with Crippen LogP contribution >= 0.6 is 11.8 Å². The second-order valence-corrected chi connectivity index (χ2v) is 6.90. The number of hydrogen-bond donors (Lipinski definition) is 4. The molecule has 1 aromatic heterocycles. The number of anilines is 1. The third-order valence-corrected chi connectivity index (χ3v) is 4.75. The number of nitrogens with one attached hydrogen (secondary N) is 2. The van der Waals surface area contributed by atoms with Crippen LogP contribution in [0.25, 0.3) is 0 Å². The second kappa shape index (κ2) is 9.11. The molecule has 1 aliphatic heterocycles. The molecule has 0 radical (unpaired) electrons.